The highest BCUT2D eigenvalue weighted by Gasteiger charge is 2.13. The molecule has 2 rings (SSSR count). The van der Waals surface area contributed by atoms with Crippen molar-refractivity contribution >= 4 is 22.9 Å². The fourth-order valence-electron chi connectivity index (χ4n) is 1.38. The van der Waals surface area contributed by atoms with Gasteiger partial charge in [0.05, 0.1) is 6.04 Å². The molecule has 0 saturated carbocycles. The van der Waals surface area contributed by atoms with E-state index in [4.69, 9.17) is 17.3 Å². The largest absolute Gasteiger partial charge is 0.320 e. The molecule has 15 heavy (non-hydrogen) atoms. The molecule has 1 nitrogen and oxygen atoms in total. The van der Waals surface area contributed by atoms with Gasteiger partial charge in [0.2, 0.25) is 0 Å². The molecule has 2 aromatic rings. The zero-order valence-corrected chi connectivity index (χ0v) is 9.36. The number of halogens is 2. The summed E-state index contributed by atoms with van der Waals surface area (Å²) in [7, 11) is 0. The summed E-state index contributed by atoms with van der Waals surface area (Å²) in [6, 6.07) is 5.78. The summed E-state index contributed by atoms with van der Waals surface area (Å²) in [6.45, 7) is 0. The maximum absolute atomic E-state index is 13.0. The quantitative estimate of drug-likeness (QED) is 0.855. The van der Waals surface area contributed by atoms with Gasteiger partial charge in [-0.2, -0.15) is 11.3 Å². The third kappa shape index (κ3) is 2.20. The summed E-state index contributed by atoms with van der Waals surface area (Å²) < 4.78 is 13.0. The summed E-state index contributed by atoms with van der Waals surface area (Å²) in [4.78, 5) is 0. The van der Waals surface area contributed by atoms with E-state index >= 15 is 0 Å². The van der Waals surface area contributed by atoms with Crippen LogP contribution < -0.4 is 5.73 Å². The fourth-order valence-corrected chi connectivity index (χ4v) is 2.32. The van der Waals surface area contributed by atoms with E-state index in [9.17, 15) is 4.39 Å². The average molecular weight is 242 g/mol. The van der Waals surface area contributed by atoms with Crippen LogP contribution >= 0.6 is 22.9 Å². The van der Waals surface area contributed by atoms with E-state index in [1.807, 2.05) is 16.8 Å². The Morgan fingerprint density at radius 1 is 1.33 bits per heavy atom. The molecule has 0 spiro atoms. The maximum Gasteiger partial charge on any atom is 0.123 e. The Labute approximate surface area is 96.3 Å². The van der Waals surface area contributed by atoms with Crippen LogP contribution in [-0.4, -0.2) is 0 Å². The van der Waals surface area contributed by atoms with Crippen LogP contribution in [0.3, 0.4) is 0 Å². The van der Waals surface area contributed by atoms with Gasteiger partial charge in [-0.15, -0.1) is 0 Å². The van der Waals surface area contributed by atoms with Gasteiger partial charge in [-0.3, -0.25) is 0 Å². The molecule has 4 heteroatoms. The monoisotopic (exact) mass is 241 g/mol. The molecule has 0 unspecified atom stereocenters. The molecule has 1 aromatic carbocycles. The summed E-state index contributed by atoms with van der Waals surface area (Å²) >= 11 is 7.52. The van der Waals surface area contributed by atoms with E-state index in [0.717, 1.165) is 5.56 Å². The molecule has 0 aliphatic carbocycles. The van der Waals surface area contributed by atoms with Crippen molar-refractivity contribution in [2.75, 3.05) is 0 Å². The van der Waals surface area contributed by atoms with Gasteiger partial charge in [-0.05, 0) is 46.2 Å². The lowest BCUT2D eigenvalue weighted by Crippen LogP contribution is -2.11. The fraction of sp³-hybridized carbons (Fsp3) is 0.0909. The van der Waals surface area contributed by atoms with Gasteiger partial charge in [0.25, 0.3) is 0 Å². The van der Waals surface area contributed by atoms with Crippen LogP contribution in [-0.2, 0) is 0 Å². The first-order valence-corrected chi connectivity index (χ1v) is 5.73. The molecule has 0 aliphatic rings. The third-order valence-corrected chi connectivity index (χ3v) is 3.24. The lowest BCUT2D eigenvalue weighted by Gasteiger charge is -2.12. The van der Waals surface area contributed by atoms with Crippen molar-refractivity contribution in [1.82, 2.24) is 0 Å². The summed E-state index contributed by atoms with van der Waals surface area (Å²) in [5.41, 5.74) is 7.56. The molecule has 78 valence electrons. The minimum Gasteiger partial charge on any atom is -0.320 e. The molecule has 1 atom stereocenters. The number of thiophene rings is 1. The summed E-state index contributed by atoms with van der Waals surface area (Å²) in [6.07, 6.45) is 0. The molecule has 0 bridgehead atoms. The molecule has 0 amide bonds. The zero-order chi connectivity index (χ0) is 10.8. The molecule has 0 fully saturated rings. The van der Waals surface area contributed by atoms with Crippen LogP contribution in [0.15, 0.2) is 35.0 Å². The first-order chi connectivity index (χ1) is 7.18. The Balaban J connectivity index is 2.41. The van der Waals surface area contributed by atoms with Crippen molar-refractivity contribution in [2.24, 2.45) is 5.73 Å². The summed E-state index contributed by atoms with van der Waals surface area (Å²) in [5.74, 6) is -0.319. The van der Waals surface area contributed by atoms with Crippen LogP contribution in [0.25, 0.3) is 0 Å². The minimum absolute atomic E-state index is 0.319. The van der Waals surface area contributed by atoms with Crippen molar-refractivity contribution in [3.63, 3.8) is 0 Å². The Bertz CT molecular complexity index is 456. The summed E-state index contributed by atoms with van der Waals surface area (Å²) in [5, 5.41) is 4.36. The Morgan fingerprint density at radius 2 is 2.13 bits per heavy atom. The molecule has 0 saturated heterocycles. The van der Waals surface area contributed by atoms with Crippen LogP contribution in [0.2, 0.25) is 5.02 Å². The van der Waals surface area contributed by atoms with Crippen molar-refractivity contribution in [2.45, 2.75) is 6.04 Å². The first kappa shape index (κ1) is 10.6. The number of benzene rings is 1. The molecular formula is C11H9ClFNS. The van der Waals surface area contributed by atoms with Crippen LogP contribution in [0.5, 0.6) is 0 Å². The Hall–Kier alpha value is -0.900. The van der Waals surface area contributed by atoms with Gasteiger partial charge in [-0.1, -0.05) is 11.6 Å². The topological polar surface area (TPSA) is 26.0 Å². The molecule has 2 N–H and O–H groups in total. The Morgan fingerprint density at radius 3 is 2.80 bits per heavy atom. The Kier molecular flexibility index (Phi) is 3.05. The second-order valence-corrected chi connectivity index (χ2v) is 4.39. The van der Waals surface area contributed by atoms with Crippen LogP contribution in [0.1, 0.15) is 17.2 Å². The van der Waals surface area contributed by atoms with E-state index < -0.39 is 0 Å². The predicted molar refractivity (Wildman–Crippen MR) is 61.8 cm³/mol. The van der Waals surface area contributed by atoms with Gasteiger partial charge in [-0.25, -0.2) is 4.39 Å². The van der Waals surface area contributed by atoms with Crippen molar-refractivity contribution < 1.29 is 4.39 Å². The number of hydrogen-bond donors (Lipinski definition) is 1. The highest BCUT2D eigenvalue weighted by atomic mass is 35.5. The van der Waals surface area contributed by atoms with Crippen LogP contribution in [0, 0.1) is 5.82 Å². The number of hydrogen-bond acceptors (Lipinski definition) is 2. The molecule has 0 radical (unpaired) electrons. The van der Waals surface area contributed by atoms with Gasteiger partial charge < -0.3 is 5.73 Å². The van der Waals surface area contributed by atoms with E-state index in [1.165, 1.54) is 18.2 Å². The minimum atomic E-state index is -0.362. The molecule has 1 aromatic heterocycles. The van der Waals surface area contributed by atoms with E-state index in [-0.39, 0.29) is 11.9 Å². The average Bonchev–Trinajstić information content (AvgIpc) is 2.74. The molecule has 1 heterocycles. The first-order valence-electron chi connectivity index (χ1n) is 4.41. The van der Waals surface area contributed by atoms with E-state index in [1.54, 1.807) is 11.3 Å². The molecule has 0 aliphatic heterocycles. The van der Waals surface area contributed by atoms with Crippen molar-refractivity contribution in [1.29, 1.82) is 0 Å². The van der Waals surface area contributed by atoms with Gasteiger partial charge >= 0.3 is 0 Å². The van der Waals surface area contributed by atoms with Gasteiger partial charge in [0.1, 0.15) is 5.82 Å². The number of nitrogens with two attached hydrogens (primary N) is 1. The smallest absolute Gasteiger partial charge is 0.123 e. The predicted octanol–water partition coefficient (Wildman–Crippen LogP) is 3.59. The highest BCUT2D eigenvalue weighted by molar-refractivity contribution is 7.08. The lowest BCUT2D eigenvalue weighted by molar-refractivity contribution is 0.623. The molecular weight excluding hydrogens is 233 g/mol. The van der Waals surface area contributed by atoms with Crippen molar-refractivity contribution in [3.8, 4) is 0 Å². The standard InChI is InChI=1S/C11H9ClFNS/c12-10-2-1-8(13)5-9(10)11(14)7-3-4-15-6-7/h1-6,11H,14H2/t11-/m1/s1. The van der Waals surface area contributed by atoms with Crippen LogP contribution in [0.4, 0.5) is 4.39 Å². The van der Waals surface area contributed by atoms with Crippen molar-refractivity contribution in [3.05, 3.63) is 57.0 Å². The van der Waals surface area contributed by atoms with E-state index in [0.29, 0.717) is 10.6 Å². The SMILES string of the molecule is N[C@H](c1ccsc1)c1cc(F)ccc1Cl. The zero-order valence-electron chi connectivity index (χ0n) is 7.78. The van der Waals surface area contributed by atoms with Gasteiger partial charge in [0.15, 0.2) is 0 Å². The van der Waals surface area contributed by atoms with Gasteiger partial charge in [0, 0.05) is 5.02 Å². The highest BCUT2D eigenvalue weighted by Crippen LogP contribution is 2.28. The normalized spacial score (nSPS) is 12.7. The maximum atomic E-state index is 13.0. The third-order valence-electron chi connectivity index (χ3n) is 2.20. The number of rotatable bonds is 2. The second kappa shape index (κ2) is 4.31. The second-order valence-electron chi connectivity index (χ2n) is 3.20. The van der Waals surface area contributed by atoms with E-state index in [2.05, 4.69) is 0 Å². The lowest BCUT2D eigenvalue weighted by atomic mass is 10.0.